The molecule has 0 unspecified atom stereocenters. The highest BCUT2D eigenvalue weighted by Crippen LogP contribution is 2.20. The molecule has 0 bridgehead atoms. The Hall–Kier alpha value is -2.63. The van der Waals surface area contributed by atoms with Gasteiger partial charge >= 0.3 is 6.61 Å². The smallest absolute Gasteiger partial charge is 0.387 e. The quantitative estimate of drug-likeness (QED) is 0.804. The van der Waals surface area contributed by atoms with E-state index in [-0.39, 0.29) is 24.2 Å². The summed E-state index contributed by atoms with van der Waals surface area (Å²) in [5.41, 5.74) is 2.65. The Morgan fingerprint density at radius 3 is 2.20 bits per heavy atom. The number of nitrogens with zero attached hydrogens (tertiary/aromatic N) is 1. The lowest BCUT2D eigenvalue weighted by Crippen LogP contribution is -2.38. The van der Waals surface area contributed by atoms with E-state index in [4.69, 9.17) is 0 Å². The summed E-state index contributed by atoms with van der Waals surface area (Å²) in [4.78, 5) is 14.3. The van der Waals surface area contributed by atoms with Crippen LogP contribution < -0.4 is 15.0 Å². The fourth-order valence-electron chi connectivity index (χ4n) is 2.38. The van der Waals surface area contributed by atoms with Gasteiger partial charge < -0.3 is 15.0 Å². The van der Waals surface area contributed by atoms with Gasteiger partial charge in [-0.1, -0.05) is 17.7 Å². The van der Waals surface area contributed by atoms with E-state index in [1.165, 1.54) is 24.3 Å². The van der Waals surface area contributed by atoms with Gasteiger partial charge in [0.05, 0.1) is 6.54 Å². The molecule has 0 saturated heterocycles. The SMILES string of the molecule is Cc1ccc(N(CC(=O)Nc2ccc(OC(F)F)cc2)C(C)C)cc1. The van der Waals surface area contributed by atoms with Crippen LogP contribution >= 0.6 is 0 Å². The van der Waals surface area contributed by atoms with Crippen molar-refractivity contribution in [3.8, 4) is 5.75 Å². The molecule has 0 radical (unpaired) electrons. The lowest BCUT2D eigenvalue weighted by atomic mass is 10.2. The predicted molar refractivity (Wildman–Crippen MR) is 95.4 cm³/mol. The maximum Gasteiger partial charge on any atom is 0.387 e. The molecule has 2 aromatic rings. The number of nitrogens with one attached hydrogen (secondary N) is 1. The maximum atomic E-state index is 12.3. The fraction of sp³-hybridized carbons (Fsp3) is 0.316. The summed E-state index contributed by atoms with van der Waals surface area (Å²) in [6.45, 7) is 3.37. The number of carbonyl (C=O) groups is 1. The molecular formula is C19H22F2N2O2. The zero-order chi connectivity index (χ0) is 18.4. The minimum atomic E-state index is -2.87. The Balaban J connectivity index is 2.00. The number of carbonyl (C=O) groups excluding carboxylic acids is 1. The monoisotopic (exact) mass is 348 g/mol. The van der Waals surface area contributed by atoms with E-state index in [1.54, 1.807) is 0 Å². The van der Waals surface area contributed by atoms with Crippen LogP contribution in [0, 0.1) is 6.92 Å². The fourth-order valence-corrected chi connectivity index (χ4v) is 2.38. The van der Waals surface area contributed by atoms with Crippen molar-refractivity contribution in [2.45, 2.75) is 33.4 Å². The molecule has 0 aliphatic rings. The molecule has 2 rings (SSSR count). The summed E-state index contributed by atoms with van der Waals surface area (Å²) in [5.74, 6) is -0.131. The molecule has 134 valence electrons. The van der Waals surface area contributed by atoms with E-state index >= 15 is 0 Å². The molecule has 1 amide bonds. The first kappa shape index (κ1) is 18.7. The first-order chi connectivity index (χ1) is 11.8. The number of amides is 1. The van der Waals surface area contributed by atoms with Crippen LogP contribution in [0.4, 0.5) is 20.2 Å². The maximum absolute atomic E-state index is 12.3. The van der Waals surface area contributed by atoms with Gasteiger partial charge in [-0.15, -0.1) is 0 Å². The normalized spacial score (nSPS) is 10.8. The summed E-state index contributed by atoms with van der Waals surface area (Å²) in [5, 5.41) is 2.77. The van der Waals surface area contributed by atoms with Crippen LogP contribution in [0.25, 0.3) is 0 Å². The molecule has 0 aliphatic heterocycles. The highest BCUT2D eigenvalue weighted by molar-refractivity contribution is 5.94. The number of ether oxygens (including phenoxy) is 1. The Kier molecular flexibility index (Phi) is 6.33. The lowest BCUT2D eigenvalue weighted by molar-refractivity contribution is -0.115. The molecule has 2 aromatic carbocycles. The summed E-state index contributed by atoms with van der Waals surface area (Å²) in [6, 6.07) is 14.0. The third-order valence-corrected chi connectivity index (χ3v) is 3.67. The average Bonchev–Trinajstić information content (AvgIpc) is 2.55. The number of halogens is 2. The minimum absolute atomic E-state index is 0.0523. The number of aryl methyl sites for hydroxylation is 1. The third kappa shape index (κ3) is 5.74. The van der Waals surface area contributed by atoms with E-state index in [0.29, 0.717) is 5.69 Å². The lowest BCUT2D eigenvalue weighted by Gasteiger charge is -2.28. The number of benzene rings is 2. The van der Waals surface area contributed by atoms with E-state index < -0.39 is 6.61 Å². The van der Waals surface area contributed by atoms with Crippen LogP contribution in [0.1, 0.15) is 19.4 Å². The Bertz CT molecular complexity index is 686. The van der Waals surface area contributed by atoms with Gasteiger partial charge in [-0.3, -0.25) is 4.79 Å². The van der Waals surface area contributed by atoms with Crippen LogP contribution in [0.2, 0.25) is 0 Å². The molecule has 0 saturated carbocycles. The molecule has 4 nitrogen and oxygen atoms in total. The summed E-state index contributed by atoms with van der Waals surface area (Å²) < 4.78 is 28.6. The molecule has 0 fully saturated rings. The van der Waals surface area contributed by atoms with Crippen LogP contribution in [-0.2, 0) is 4.79 Å². The van der Waals surface area contributed by atoms with Crippen molar-refractivity contribution in [3.63, 3.8) is 0 Å². The minimum Gasteiger partial charge on any atom is -0.435 e. The number of rotatable bonds is 7. The first-order valence-corrected chi connectivity index (χ1v) is 8.03. The number of hydrogen-bond acceptors (Lipinski definition) is 3. The first-order valence-electron chi connectivity index (χ1n) is 8.03. The van der Waals surface area contributed by atoms with Gasteiger partial charge in [-0.05, 0) is 57.2 Å². The van der Waals surface area contributed by atoms with Crippen LogP contribution in [0.5, 0.6) is 5.75 Å². The Morgan fingerprint density at radius 2 is 1.68 bits per heavy atom. The van der Waals surface area contributed by atoms with Crippen molar-refractivity contribution in [2.24, 2.45) is 0 Å². The second-order valence-electron chi connectivity index (χ2n) is 6.01. The molecule has 0 atom stereocenters. The van der Waals surface area contributed by atoms with Crippen molar-refractivity contribution in [1.82, 2.24) is 0 Å². The van der Waals surface area contributed by atoms with Crippen LogP contribution in [0.15, 0.2) is 48.5 Å². The third-order valence-electron chi connectivity index (χ3n) is 3.67. The van der Waals surface area contributed by atoms with Crippen molar-refractivity contribution in [2.75, 3.05) is 16.8 Å². The predicted octanol–water partition coefficient (Wildman–Crippen LogP) is 4.45. The molecule has 0 heterocycles. The van der Waals surface area contributed by atoms with E-state index in [2.05, 4.69) is 10.1 Å². The number of anilines is 2. The van der Waals surface area contributed by atoms with Gasteiger partial charge in [0.1, 0.15) is 5.75 Å². The van der Waals surface area contributed by atoms with Gasteiger partial charge in [0.25, 0.3) is 0 Å². The van der Waals surface area contributed by atoms with Crippen LogP contribution in [-0.4, -0.2) is 25.1 Å². The van der Waals surface area contributed by atoms with Gasteiger partial charge in [0, 0.05) is 17.4 Å². The zero-order valence-electron chi connectivity index (χ0n) is 14.5. The molecule has 25 heavy (non-hydrogen) atoms. The second kappa shape index (κ2) is 8.46. The number of alkyl halides is 2. The van der Waals surface area contributed by atoms with Gasteiger partial charge in [-0.2, -0.15) is 8.78 Å². The summed E-state index contributed by atoms with van der Waals surface area (Å²) >= 11 is 0. The number of hydrogen-bond donors (Lipinski definition) is 1. The van der Waals surface area contributed by atoms with Crippen LogP contribution in [0.3, 0.4) is 0 Å². The standard InChI is InChI=1S/C19H22F2N2O2/c1-13(2)23(16-8-4-14(3)5-9-16)12-18(24)22-15-6-10-17(11-7-15)25-19(20)21/h4-11,13,19H,12H2,1-3H3,(H,22,24). The highest BCUT2D eigenvalue weighted by Gasteiger charge is 2.15. The summed E-state index contributed by atoms with van der Waals surface area (Å²) in [6.07, 6.45) is 0. The Morgan fingerprint density at radius 1 is 1.08 bits per heavy atom. The topological polar surface area (TPSA) is 41.6 Å². The summed E-state index contributed by atoms with van der Waals surface area (Å²) in [7, 11) is 0. The molecule has 1 N–H and O–H groups in total. The van der Waals surface area contributed by atoms with Gasteiger partial charge in [-0.25, -0.2) is 0 Å². The van der Waals surface area contributed by atoms with Gasteiger partial charge in [0.15, 0.2) is 0 Å². The van der Waals surface area contributed by atoms with Crippen molar-refractivity contribution in [3.05, 3.63) is 54.1 Å². The van der Waals surface area contributed by atoms with E-state index in [1.807, 2.05) is 49.9 Å². The molecule has 0 spiro atoms. The molecule has 0 aliphatic carbocycles. The molecule has 6 heteroatoms. The van der Waals surface area contributed by atoms with E-state index in [0.717, 1.165) is 11.3 Å². The van der Waals surface area contributed by atoms with Crippen molar-refractivity contribution < 1.29 is 18.3 Å². The van der Waals surface area contributed by atoms with Gasteiger partial charge in [0.2, 0.25) is 5.91 Å². The van der Waals surface area contributed by atoms with Crippen molar-refractivity contribution in [1.29, 1.82) is 0 Å². The second-order valence-corrected chi connectivity index (χ2v) is 6.01. The Labute approximate surface area is 146 Å². The highest BCUT2D eigenvalue weighted by atomic mass is 19.3. The largest absolute Gasteiger partial charge is 0.435 e. The zero-order valence-corrected chi connectivity index (χ0v) is 14.5. The van der Waals surface area contributed by atoms with E-state index in [9.17, 15) is 13.6 Å². The van der Waals surface area contributed by atoms with Crippen molar-refractivity contribution >= 4 is 17.3 Å². The molecule has 0 aromatic heterocycles. The molecular weight excluding hydrogens is 326 g/mol. The average molecular weight is 348 g/mol.